The predicted molar refractivity (Wildman–Crippen MR) is 257 cm³/mol. The smallest absolute Gasteiger partial charge is 0.335 e. The molecule has 6 rings (SSSR count). The van der Waals surface area contributed by atoms with Crippen molar-refractivity contribution in [2.24, 2.45) is 0 Å². The summed E-state index contributed by atoms with van der Waals surface area (Å²) >= 11 is 3.40. The first-order valence-electron chi connectivity index (χ1n) is 21.1. The van der Waals surface area contributed by atoms with Gasteiger partial charge in [0, 0.05) is 5.33 Å². The van der Waals surface area contributed by atoms with Gasteiger partial charge in [0.1, 0.15) is 5.52 Å². The molecule has 0 aliphatic heterocycles. The van der Waals surface area contributed by atoms with Crippen LogP contribution in [0, 0.1) is 0 Å². The molecule has 18 nitrogen and oxygen atoms in total. The van der Waals surface area contributed by atoms with Crippen molar-refractivity contribution in [3.8, 4) is 12.0 Å². The first kappa shape index (κ1) is 53.9. The summed E-state index contributed by atoms with van der Waals surface area (Å²) in [6.07, 6.45) is 7.75. The van der Waals surface area contributed by atoms with Crippen LogP contribution in [0.1, 0.15) is 96.9 Å². The van der Waals surface area contributed by atoms with Crippen LogP contribution in [-0.2, 0) is 51.4 Å². The number of aromatic nitrogens is 8. The summed E-state index contributed by atoms with van der Waals surface area (Å²) in [6.45, 7) is 14.6. The average molecular weight is 992 g/mol. The Hall–Kier alpha value is -4.48. The zero-order valence-electron chi connectivity index (χ0n) is 37.0. The number of nitrogens with zero attached hydrogens (tertiary/aromatic N) is 7. The van der Waals surface area contributed by atoms with Crippen LogP contribution < -0.4 is 20.9 Å². The summed E-state index contributed by atoms with van der Waals surface area (Å²) in [6, 6.07) is 16.3. The molecule has 0 amide bonds. The minimum Gasteiger partial charge on any atom is -0.463 e. The number of unbranched alkanes of at least 4 members (excludes halogenated alkanes) is 2. The van der Waals surface area contributed by atoms with Gasteiger partial charge in [-0.05, 0) is 62.8 Å². The number of halogens is 1. The number of nitrogens with two attached hydrogens (primary N) is 2. The number of imidazole rings is 2. The minimum atomic E-state index is -3.17. The molecule has 352 valence electrons. The number of nitrogen functional groups attached to an aromatic ring is 2. The number of rotatable bonds is 23. The molecule has 64 heavy (non-hydrogen) atoms. The summed E-state index contributed by atoms with van der Waals surface area (Å²) in [4.78, 5) is 28.0. The molecule has 0 saturated carbocycles. The average Bonchev–Trinajstić information content (AvgIpc) is 3.90. The van der Waals surface area contributed by atoms with Gasteiger partial charge in [-0.2, -0.15) is 19.9 Å². The summed E-state index contributed by atoms with van der Waals surface area (Å²) in [5, 5.41) is 0.786. The number of fused-ring (bicyclic) bond motifs is 2. The molecule has 0 aliphatic carbocycles. The van der Waals surface area contributed by atoms with Crippen LogP contribution in [0.3, 0.4) is 0 Å². The lowest BCUT2D eigenvalue weighted by atomic mass is 10.1. The number of anilines is 2. The number of alkyl halides is 1. The number of hydrogen-bond acceptors (Lipinski definition) is 16. The first-order chi connectivity index (χ1) is 30.4. The molecule has 2 aromatic carbocycles. The van der Waals surface area contributed by atoms with Crippen molar-refractivity contribution in [2.45, 2.75) is 98.9 Å². The molecule has 0 spiro atoms. The second-order valence-corrected chi connectivity index (χ2v) is 18.5. The normalized spacial score (nSPS) is 11.4. The van der Waals surface area contributed by atoms with E-state index in [-0.39, 0.29) is 19.6 Å². The van der Waals surface area contributed by atoms with Gasteiger partial charge in [0.15, 0.2) is 28.4 Å². The Morgan fingerprint density at radius 2 is 1.17 bits per heavy atom. The van der Waals surface area contributed by atoms with Crippen molar-refractivity contribution < 1.29 is 36.7 Å². The van der Waals surface area contributed by atoms with E-state index in [1.807, 2.05) is 66.9 Å². The van der Waals surface area contributed by atoms with E-state index in [4.69, 9.17) is 39.0 Å². The number of H-pyrrole nitrogens is 1. The molecule has 21 heteroatoms. The van der Waals surface area contributed by atoms with Crippen molar-refractivity contribution in [1.29, 1.82) is 0 Å². The number of nitrogens with one attached hydrogen (secondary N) is 1. The fourth-order valence-corrected chi connectivity index (χ4v) is 9.69. The lowest BCUT2D eigenvalue weighted by Gasteiger charge is -2.17. The summed E-state index contributed by atoms with van der Waals surface area (Å²) in [5.74, 6) is 0.655. The number of benzene rings is 2. The standard InChI is InChI=1S/C21H30N5O4P.C12H18BrO3P.C9H13N5O.CH4/c1-4-7-11-28-21-24-19(22)18-20(25-21)26(15-23-18)13-16-9-8-10-17(12-16)14-31(27,29-5-2)30-6-3;1-3-15-17(14,16-4-2)10-12-7-5-6-11(8-12)9-13;1-2-3-4-15-9-13-7(10)6-8(14-9)12-5-11-6;/h8-10,12,15H,4-7,11,13-14H2,1-3H3,(H2,22,24,25);5-8H,3-4,9-10H2,1-2H3;5H,2-4H2,1H3,(H3,10,11,12,13,14);1H4. The molecular weight excluding hydrogens is 926 g/mol. The Bertz CT molecular complexity index is 2380. The highest BCUT2D eigenvalue weighted by molar-refractivity contribution is 9.08. The van der Waals surface area contributed by atoms with E-state index < -0.39 is 15.2 Å². The van der Waals surface area contributed by atoms with E-state index in [1.165, 1.54) is 6.33 Å². The van der Waals surface area contributed by atoms with Crippen LogP contribution in [0.15, 0.2) is 61.2 Å². The van der Waals surface area contributed by atoms with Gasteiger partial charge >= 0.3 is 27.2 Å². The molecule has 0 atom stereocenters. The third-order valence-electron chi connectivity index (χ3n) is 8.77. The minimum absolute atomic E-state index is 0. The molecular formula is C43H65BrN10O8P2. The van der Waals surface area contributed by atoms with Crippen molar-refractivity contribution in [1.82, 2.24) is 39.5 Å². The van der Waals surface area contributed by atoms with Gasteiger partial charge in [0.05, 0.1) is 71.2 Å². The zero-order chi connectivity index (χ0) is 45.7. The van der Waals surface area contributed by atoms with Crippen molar-refractivity contribution in [3.63, 3.8) is 0 Å². The highest BCUT2D eigenvalue weighted by atomic mass is 79.9. The Morgan fingerprint density at radius 3 is 1.70 bits per heavy atom. The Balaban J connectivity index is 0.000000279. The van der Waals surface area contributed by atoms with Crippen molar-refractivity contribution >= 4 is 65.1 Å². The molecule has 0 bridgehead atoms. The van der Waals surface area contributed by atoms with Gasteiger partial charge in [-0.25, -0.2) is 9.97 Å². The molecule has 4 aromatic heterocycles. The van der Waals surface area contributed by atoms with E-state index in [2.05, 4.69) is 64.7 Å². The fraction of sp³-hybridized carbons (Fsp3) is 0.488. The van der Waals surface area contributed by atoms with Gasteiger partial charge in [-0.1, -0.05) is 98.6 Å². The van der Waals surface area contributed by atoms with Gasteiger partial charge in [0.25, 0.3) is 0 Å². The number of hydrogen-bond donors (Lipinski definition) is 3. The Labute approximate surface area is 385 Å². The number of aromatic amines is 1. The van der Waals surface area contributed by atoms with Crippen molar-refractivity contribution in [3.05, 3.63) is 83.4 Å². The van der Waals surface area contributed by atoms with E-state index in [9.17, 15) is 9.13 Å². The van der Waals surface area contributed by atoms with Crippen LogP contribution in [-0.4, -0.2) is 79.1 Å². The quantitative estimate of drug-likeness (QED) is 0.0307. The summed E-state index contributed by atoms with van der Waals surface area (Å²) < 4.78 is 59.4. The third-order valence-corrected chi connectivity index (χ3v) is 13.5. The lowest BCUT2D eigenvalue weighted by Crippen LogP contribution is -2.06. The van der Waals surface area contributed by atoms with Gasteiger partial charge < -0.3 is 48.6 Å². The van der Waals surface area contributed by atoms with Crippen LogP contribution >= 0.6 is 31.1 Å². The van der Waals surface area contributed by atoms with Gasteiger partial charge in [-0.3, -0.25) is 9.13 Å². The molecule has 4 heterocycles. The topological polar surface area (TPSA) is 240 Å². The maximum atomic E-state index is 12.9. The van der Waals surface area contributed by atoms with Gasteiger partial charge in [-0.15, -0.1) is 0 Å². The van der Waals surface area contributed by atoms with E-state index in [0.29, 0.717) is 92.3 Å². The molecule has 0 radical (unpaired) electrons. The van der Waals surface area contributed by atoms with Crippen LogP contribution in [0.25, 0.3) is 22.3 Å². The van der Waals surface area contributed by atoms with E-state index in [0.717, 1.165) is 53.3 Å². The molecule has 5 N–H and O–H groups in total. The lowest BCUT2D eigenvalue weighted by molar-refractivity contribution is 0.218. The summed E-state index contributed by atoms with van der Waals surface area (Å²) in [7, 11) is -6.16. The number of ether oxygens (including phenoxy) is 2. The predicted octanol–water partition coefficient (Wildman–Crippen LogP) is 10.5. The zero-order valence-corrected chi connectivity index (χ0v) is 40.4. The van der Waals surface area contributed by atoms with Crippen LogP contribution in [0.4, 0.5) is 11.6 Å². The van der Waals surface area contributed by atoms with Crippen molar-refractivity contribution in [2.75, 3.05) is 51.1 Å². The molecule has 0 aliphatic rings. The van der Waals surface area contributed by atoms with Gasteiger partial charge in [0.2, 0.25) is 0 Å². The third kappa shape index (κ3) is 16.8. The monoisotopic (exact) mass is 990 g/mol. The second kappa shape index (κ2) is 27.8. The Morgan fingerprint density at radius 1 is 0.672 bits per heavy atom. The molecule has 0 unspecified atom stereocenters. The highest BCUT2D eigenvalue weighted by Crippen LogP contribution is 2.52. The van der Waals surface area contributed by atoms with E-state index in [1.54, 1.807) is 20.2 Å². The summed E-state index contributed by atoms with van der Waals surface area (Å²) in [5.41, 5.74) is 18.1. The largest absolute Gasteiger partial charge is 0.463 e. The van der Waals surface area contributed by atoms with E-state index >= 15 is 0 Å². The highest BCUT2D eigenvalue weighted by Gasteiger charge is 2.25. The molecule has 0 saturated heterocycles. The second-order valence-electron chi connectivity index (χ2n) is 13.8. The molecule has 0 fully saturated rings. The maximum Gasteiger partial charge on any atom is 0.335 e. The maximum absolute atomic E-state index is 12.9. The molecule has 6 aromatic rings. The fourth-order valence-electron chi connectivity index (χ4n) is 5.97. The van der Waals surface area contributed by atoms with Crippen LogP contribution in [0.2, 0.25) is 0 Å². The Kier molecular flexibility index (Phi) is 23.4. The first-order valence-corrected chi connectivity index (χ1v) is 25.7. The SMILES string of the molecule is C.CCCCOc1nc(N)c2[nH]cnc2n1.CCCCOc1nc(N)c2ncn(Cc3cccc(CP(=O)(OCC)OCC)c3)c2n1.CCOP(=O)(Cc1cccc(CBr)c1)OCC. The van der Waals surface area contributed by atoms with Crippen LogP contribution in [0.5, 0.6) is 12.0 Å².